The summed E-state index contributed by atoms with van der Waals surface area (Å²) in [4.78, 5) is 52.8. The molecule has 19 heteroatoms. The second kappa shape index (κ2) is 23.6. The lowest BCUT2D eigenvalue weighted by Gasteiger charge is -2.43. The first-order valence-corrected chi connectivity index (χ1v) is 25.3. The maximum atomic E-state index is 16.0. The van der Waals surface area contributed by atoms with Gasteiger partial charge in [0.05, 0.1) is 67.3 Å². The van der Waals surface area contributed by atoms with E-state index in [4.69, 9.17) is 24.7 Å². The Bertz CT molecular complexity index is 2630. The molecule has 0 bridgehead atoms. The predicted octanol–water partition coefficient (Wildman–Crippen LogP) is 6.70. The van der Waals surface area contributed by atoms with Gasteiger partial charge in [-0.15, -0.1) is 11.3 Å². The summed E-state index contributed by atoms with van der Waals surface area (Å²) in [6.07, 6.45) is -0.314. The highest BCUT2D eigenvalue weighted by Crippen LogP contribution is 2.44. The van der Waals surface area contributed by atoms with Crippen molar-refractivity contribution in [3.05, 3.63) is 106 Å². The van der Waals surface area contributed by atoms with Crippen LogP contribution in [-0.4, -0.2) is 138 Å². The number of nitrogens with one attached hydrogen (secondary N) is 3. The molecule has 390 valence electrons. The quantitative estimate of drug-likeness (QED) is 0.0464. The topological polar surface area (TPSA) is 194 Å². The van der Waals surface area contributed by atoms with E-state index in [0.29, 0.717) is 12.1 Å². The summed E-state index contributed by atoms with van der Waals surface area (Å²) in [5.74, 6) is -3.12. The molecular formula is C53H68F3N7O8S. The maximum absolute atomic E-state index is 16.0. The highest BCUT2D eigenvalue weighted by molar-refractivity contribution is 7.13. The standard InChI is InChI=1S/C53H68F3N7O8S/c1-31-22-38-37-10-8-9-11-41(37)59-46(38)47(63(31)29-53(6,7)56)45-39(54)24-36(25-40(45)55)71-21-20-69-17-16-68-18-19-70-28-44(65)61-49(52(3,4)5)51(67)62-27-35(64)23-43(62)50(66)60-42(26-57)33-12-14-34(15-13-33)48-32(2)58-30-72-48/h8-15,24-25,30-31,35,42-43,47,49,59,64H,16-23,26-29,57H2,1-7H3,(H,60,66)(H,61,65)/t31-,35-,42+,43+,47-,49-/m1/s1. The average Bonchev–Trinajstić information content (AvgIpc) is 4.05. The molecule has 15 nitrogen and oxygen atoms in total. The lowest BCUT2D eigenvalue weighted by Crippen LogP contribution is -2.58. The number of aryl methyl sites for hydroxylation is 1. The van der Waals surface area contributed by atoms with Gasteiger partial charge in [-0.3, -0.25) is 19.3 Å². The number of aliphatic hydroxyl groups excluding tert-OH is 1. The number of hydrogen-bond donors (Lipinski definition) is 5. The molecule has 0 spiro atoms. The number of halogens is 3. The number of β-amino-alcohol motifs (C(OH)–C–C–N with tert-alkyl or cyclic N) is 1. The number of nitrogens with two attached hydrogens (primary N) is 1. The van der Waals surface area contributed by atoms with Gasteiger partial charge >= 0.3 is 0 Å². The van der Waals surface area contributed by atoms with Crippen molar-refractivity contribution in [3.8, 4) is 16.2 Å². The summed E-state index contributed by atoms with van der Waals surface area (Å²) in [5, 5.41) is 17.4. The molecule has 0 unspecified atom stereocenters. The largest absolute Gasteiger partial charge is 0.491 e. The number of alkyl halides is 1. The molecule has 2 aliphatic heterocycles. The Balaban J connectivity index is 0.821. The average molecular weight is 1020 g/mol. The van der Waals surface area contributed by atoms with Gasteiger partial charge in [0.2, 0.25) is 17.7 Å². The zero-order chi connectivity index (χ0) is 51.9. The fraction of sp³-hybridized carbons (Fsp3) is 0.509. The lowest BCUT2D eigenvalue weighted by atomic mass is 9.85. The minimum atomic E-state index is -1.62. The molecule has 1 fully saturated rings. The number of fused-ring (bicyclic) bond motifs is 3. The number of thiazole rings is 1. The van der Waals surface area contributed by atoms with E-state index < -0.39 is 70.7 Å². The number of hydrogen-bond acceptors (Lipinski definition) is 12. The van der Waals surface area contributed by atoms with E-state index in [0.717, 1.165) is 50.3 Å². The number of benzene rings is 3. The molecule has 0 saturated carbocycles. The summed E-state index contributed by atoms with van der Waals surface area (Å²) in [7, 11) is 0. The number of aromatic amines is 1. The smallest absolute Gasteiger partial charge is 0.246 e. The van der Waals surface area contributed by atoms with Crippen LogP contribution in [0.4, 0.5) is 13.2 Å². The van der Waals surface area contributed by atoms with Crippen molar-refractivity contribution in [2.75, 3.05) is 65.9 Å². The van der Waals surface area contributed by atoms with E-state index in [1.807, 2.05) is 67.3 Å². The van der Waals surface area contributed by atoms with Gasteiger partial charge < -0.3 is 50.3 Å². The monoisotopic (exact) mass is 1020 g/mol. The minimum absolute atomic E-state index is 0.00825. The van der Waals surface area contributed by atoms with E-state index in [2.05, 4.69) is 20.6 Å². The van der Waals surface area contributed by atoms with Gasteiger partial charge in [0, 0.05) is 66.4 Å². The van der Waals surface area contributed by atoms with E-state index >= 15 is 13.2 Å². The number of amides is 3. The third kappa shape index (κ3) is 13.2. The molecule has 4 heterocycles. The molecule has 6 atom stereocenters. The third-order valence-corrected chi connectivity index (χ3v) is 14.0. The van der Waals surface area contributed by atoms with Crippen LogP contribution in [0.1, 0.15) is 88.1 Å². The van der Waals surface area contributed by atoms with Crippen molar-refractivity contribution in [2.24, 2.45) is 11.1 Å². The molecule has 0 aliphatic carbocycles. The van der Waals surface area contributed by atoms with E-state index in [9.17, 15) is 19.5 Å². The predicted molar refractivity (Wildman–Crippen MR) is 269 cm³/mol. The van der Waals surface area contributed by atoms with E-state index in [-0.39, 0.29) is 89.7 Å². The van der Waals surface area contributed by atoms with Crippen LogP contribution in [0.3, 0.4) is 0 Å². The summed E-state index contributed by atoms with van der Waals surface area (Å²) in [5.41, 5.74) is 10.5. The molecule has 7 rings (SSSR count). The van der Waals surface area contributed by atoms with Crippen molar-refractivity contribution >= 4 is 40.0 Å². The normalized spacial score (nSPS) is 19.3. The van der Waals surface area contributed by atoms with Crippen LogP contribution < -0.4 is 21.1 Å². The Kier molecular flexibility index (Phi) is 17.8. The van der Waals surface area contributed by atoms with Gasteiger partial charge in [0.15, 0.2) is 0 Å². The first-order valence-electron chi connectivity index (χ1n) is 24.4. The fourth-order valence-electron chi connectivity index (χ4n) is 9.54. The number of aromatic nitrogens is 2. The van der Waals surface area contributed by atoms with Crippen LogP contribution in [0.15, 0.2) is 66.2 Å². The molecule has 3 aromatic carbocycles. The summed E-state index contributed by atoms with van der Waals surface area (Å²) >= 11 is 1.54. The van der Waals surface area contributed by atoms with Crippen LogP contribution in [0.5, 0.6) is 5.75 Å². The minimum Gasteiger partial charge on any atom is -0.491 e. The second-order valence-electron chi connectivity index (χ2n) is 20.3. The Labute approximate surface area is 422 Å². The van der Waals surface area contributed by atoms with Crippen molar-refractivity contribution in [1.82, 2.24) is 30.4 Å². The zero-order valence-corrected chi connectivity index (χ0v) is 42.9. The van der Waals surface area contributed by atoms with Gasteiger partial charge in [-0.05, 0) is 62.3 Å². The summed E-state index contributed by atoms with van der Waals surface area (Å²) in [6.45, 7) is 12.5. The van der Waals surface area contributed by atoms with E-state index in [1.165, 1.54) is 18.7 Å². The van der Waals surface area contributed by atoms with Crippen LogP contribution in [-0.2, 0) is 35.0 Å². The second-order valence-corrected chi connectivity index (χ2v) is 21.1. The number of para-hydroxylation sites is 1. The first kappa shape index (κ1) is 54.4. The molecule has 6 N–H and O–H groups in total. The highest BCUT2D eigenvalue weighted by Gasteiger charge is 2.45. The third-order valence-electron chi connectivity index (χ3n) is 13.0. The SMILES string of the molecule is Cc1ncsc1-c1ccc([C@H](CN)NC(=O)[C@@H]2C[C@@H](O)CN2C(=O)[C@@H](NC(=O)COCCOCCOCCOc2cc(F)c([C@@H]3c4[nH]c5ccccc5c4C[C@@H](C)N3CC(C)(C)F)c(F)c2)C(C)(C)C)cc1. The highest BCUT2D eigenvalue weighted by atomic mass is 32.1. The molecule has 5 aromatic rings. The molecule has 2 aliphatic rings. The lowest BCUT2D eigenvalue weighted by molar-refractivity contribution is -0.144. The van der Waals surface area contributed by atoms with Gasteiger partial charge in [-0.25, -0.2) is 18.2 Å². The number of aliphatic hydroxyl groups is 1. The van der Waals surface area contributed by atoms with Gasteiger partial charge in [0.25, 0.3) is 0 Å². The number of likely N-dealkylation sites (tertiary alicyclic amines) is 1. The molecule has 2 aromatic heterocycles. The molecule has 3 amide bonds. The Hall–Kier alpha value is -5.41. The number of carbonyl (C=O) groups excluding carboxylic acids is 3. The number of H-pyrrole nitrogens is 1. The summed E-state index contributed by atoms with van der Waals surface area (Å²) < 4.78 is 69.5. The maximum Gasteiger partial charge on any atom is 0.246 e. The summed E-state index contributed by atoms with van der Waals surface area (Å²) in [6, 6.07) is 14.0. The number of nitrogens with zero attached hydrogens (tertiary/aromatic N) is 3. The van der Waals surface area contributed by atoms with Crippen molar-refractivity contribution in [3.63, 3.8) is 0 Å². The Morgan fingerprint density at radius 3 is 2.22 bits per heavy atom. The van der Waals surface area contributed by atoms with Crippen LogP contribution in [0.2, 0.25) is 0 Å². The van der Waals surface area contributed by atoms with Gasteiger partial charge in [-0.1, -0.05) is 63.2 Å². The Morgan fingerprint density at radius 1 is 0.944 bits per heavy atom. The van der Waals surface area contributed by atoms with Crippen molar-refractivity contribution < 1.29 is 51.6 Å². The number of carbonyl (C=O) groups is 3. The molecule has 1 saturated heterocycles. The zero-order valence-electron chi connectivity index (χ0n) is 42.1. The number of rotatable bonds is 22. The fourth-order valence-corrected chi connectivity index (χ4v) is 10.4. The molecule has 72 heavy (non-hydrogen) atoms. The Morgan fingerprint density at radius 2 is 1.60 bits per heavy atom. The van der Waals surface area contributed by atoms with Crippen LogP contribution in [0.25, 0.3) is 21.3 Å². The van der Waals surface area contributed by atoms with Crippen LogP contribution in [0, 0.1) is 24.0 Å². The first-order chi connectivity index (χ1) is 34.2. The van der Waals surface area contributed by atoms with Crippen molar-refractivity contribution in [1.29, 1.82) is 0 Å². The van der Waals surface area contributed by atoms with Gasteiger partial charge in [0.1, 0.15) is 48.4 Å². The molecule has 0 radical (unpaired) electrons. The van der Waals surface area contributed by atoms with Crippen molar-refractivity contribution in [2.45, 2.75) is 103 Å². The van der Waals surface area contributed by atoms with E-state index in [1.54, 1.807) is 37.6 Å². The molecular weight excluding hydrogens is 952 g/mol. The number of ether oxygens (including phenoxy) is 4. The van der Waals surface area contributed by atoms with Crippen LogP contribution >= 0.6 is 11.3 Å². The van der Waals surface area contributed by atoms with Gasteiger partial charge in [-0.2, -0.15) is 0 Å².